The van der Waals surface area contributed by atoms with Crippen LogP contribution in [0.1, 0.15) is 41.4 Å². The molecule has 5 heteroatoms. The van der Waals surface area contributed by atoms with Gasteiger partial charge in [0, 0.05) is 23.8 Å². The summed E-state index contributed by atoms with van der Waals surface area (Å²) in [5.41, 5.74) is 2.81. The lowest BCUT2D eigenvalue weighted by atomic mass is 10.1. The molecule has 24 heavy (non-hydrogen) atoms. The zero-order chi connectivity index (χ0) is 17.5. The van der Waals surface area contributed by atoms with Gasteiger partial charge in [0.2, 0.25) is 0 Å². The van der Waals surface area contributed by atoms with Gasteiger partial charge >= 0.3 is 0 Å². The Morgan fingerprint density at radius 2 is 1.75 bits per heavy atom. The summed E-state index contributed by atoms with van der Waals surface area (Å²) in [5.74, 6) is -0.215. The van der Waals surface area contributed by atoms with Crippen LogP contribution < -0.4 is 10.6 Å². The zero-order valence-corrected chi connectivity index (χ0v) is 13.8. The fourth-order valence-corrected chi connectivity index (χ4v) is 2.22. The molecule has 2 atom stereocenters. The number of hydrogen-bond acceptors (Lipinski definition) is 4. The summed E-state index contributed by atoms with van der Waals surface area (Å²) < 4.78 is 0. The number of nitriles is 1. The molecule has 0 saturated carbocycles. The smallest absolute Gasteiger partial charge is 0.255 e. The van der Waals surface area contributed by atoms with Crippen LogP contribution in [0.25, 0.3) is 0 Å². The molecule has 124 valence electrons. The molecule has 2 rings (SSSR count). The third kappa shape index (κ3) is 4.92. The second-order valence-electron chi connectivity index (χ2n) is 5.74. The highest BCUT2D eigenvalue weighted by atomic mass is 16.3. The highest BCUT2D eigenvalue weighted by Crippen LogP contribution is 2.17. The average molecular weight is 323 g/mol. The van der Waals surface area contributed by atoms with Gasteiger partial charge < -0.3 is 15.7 Å². The van der Waals surface area contributed by atoms with E-state index in [9.17, 15) is 9.90 Å². The number of hydrogen-bond donors (Lipinski definition) is 3. The van der Waals surface area contributed by atoms with Crippen molar-refractivity contribution in [1.82, 2.24) is 5.32 Å². The van der Waals surface area contributed by atoms with Crippen LogP contribution in [-0.2, 0) is 0 Å². The van der Waals surface area contributed by atoms with Gasteiger partial charge in [0.05, 0.1) is 17.7 Å². The van der Waals surface area contributed by atoms with Crippen LogP contribution in [-0.4, -0.2) is 23.7 Å². The third-order valence-corrected chi connectivity index (χ3v) is 3.66. The maximum atomic E-state index is 12.2. The van der Waals surface area contributed by atoms with Crippen molar-refractivity contribution >= 4 is 11.6 Å². The van der Waals surface area contributed by atoms with Crippen molar-refractivity contribution in [3.05, 3.63) is 65.2 Å². The first-order valence-corrected chi connectivity index (χ1v) is 7.82. The number of amides is 1. The first-order chi connectivity index (χ1) is 11.5. The number of anilines is 1. The first-order valence-electron chi connectivity index (χ1n) is 7.82. The maximum Gasteiger partial charge on any atom is 0.255 e. The van der Waals surface area contributed by atoms with E-state index in [1.807, 2.05) is 37.3 Å². The molecule has 5 nitrogen and oxygen atoms in total. The SMILES string of the molecule is C[C@@H](O)CN[C@H](C)c1ccc(NC(=O)c2ccc(C#N)cc2)cc1. The van der Waals surface area contributed by atoms with E-state index in [1.54, 1.807) is 31.2 Å². The van der Waals surface area contributed by atoms with Crippen molar-refractivity contribution in [2.24, 2.45) is 0 Å². The molecule has 0 heterocycles. The van der Waals surface area contributed by atoms with Gasteiger partial charge in [0.25, 0.3) is 5.91 Å². The molecule has 1 amide bonds. The molecule has 0 bridgehead atoms. The monoisotopic (exact) mass is 323 g/mol. The van der Waals surface area contributed by atoms with Gasteiger partial charge in [-0.15, -0.1) is 0 Å². The molecule has 2 aromatic carbocycles. The molecule has 0 unspecified atom stereocenters. The van der Waals surface area contributed by atoms with Gasteiger partial charge in [0.1, 0.15) is 0 Å². The minimum Gasteiger partial charge on any atom is -0.392 e. The summed E-state index contributed by atoms with van der Waals surface area (Å²) in [6, 6.07) is 16.2. The van der Waals surface area contributed by atoms with Gasteiger partial charge in [-0.3, -0.25) is 4.79 Å². The number of aliphatic hydroxyl groups excluding tert-OH is 1. The van der Waals surface area contributed by atoms with Crippen LogP contribution >= 0.6 is 0 Å². The summed E-state index contributed by atoms with van der Waals surface area (Å²) in [7, 11) is 0. The van der Waals surface area contributed by atoms with Crippen molar-refractivity contribution in [1.29, 1.82) is 5.26 Å². The zero-order valence-electron chi connectivity index (χ0n) is 13.8. The predicted octanol–water partition coefficient (Wildman–Crippen LogP) is 2.84. The molecule has 0 radical (unpaired) electrons. The number of aliphatic hydroxyl groups is 1. The van der Waals surface area contributed by atoms with Crippen LogP contribution in [0, 0.1) is 11.3 Å². The van der Waals surface area contributed by atoms with Gasteiger partial charge in [-0.2, -0.15) is 5.26 Å². The lowest BCUT2D eigenvalue weighted by Gasteiger charge is -2.16. The van der Waals surface area contributed by atoms with Crippen molar-refractivity contribution in [2.75, 3.05) is 11.9 Å². The number of carbonyl (C=O) groups is 1. The van der Waals surface area contributed by atoms with Gasteiger partial charge in [-0.05, 0) is 55.8 Å². The van der Waals surface area contributed by atoms with Crippen LogP contribution in [0.3, 0.4) is 0 Å². The summed E-state index contributed by atoms with van der Waals surface area (Å²) in [6.07, 6.45) is -0.390. The lowest BCUT2D eigenvalue weighted by Crippen LogP contribution is -2.27. The fraction of sp³-hybridized carbons (Fsp3) is 0.263. The third-order valence-electron chi connectivity index (χ3n) is 3.66. The molecule has 0 spiro atoms. The highest BCUT2D eigenvalue weighted by Gasteiger charge is 2.08. The summed E-state index contributed by atoms with van der Waals surface area (Å²) >= 11 is 0. The van der Waals surface area contributed by atoms with Crippen LogP contribution in [0.5, 0.6) is 0 Å². The van der Waals surface area contributed by atoms with Crippen LogP contribution in [0.2, 0.25) is 0 Å². The standard InChI is InChI=1S/C19H21N3O2/c1-13(23)12-21-14(2)16-7-9-18(10-8-16)22-19(24)17-5-3-15(11-20)4-6-17/h3-10,13-14,21,23H,12H2,1-2H3,(H,22,24)/t13-,14-/m1/s1. The number of carbonyl (C=O) groups excluding carboxylic acids is 1. The van der Waals surface area contributed by atoms with Crippen molar-refractivity contribution in [3.63, 3.8) is 0 Å². The van der Waals surface area contributed by atoms with E-state index in [4.69, 9.17) is 5.26 Å². The number of nitrogens with one attached hydrogen (secondary N) is 2. The predicted molar refractivity (Wildman–Crippen MR) is 93.7 cm³/mol. The van der Waals surface area contributed by atoms with E-state index in [2.05, 4.69) is 10.6 Å². The number of rotatable bonds is 6. The Morgan fingerprint density at radius 1 is 1.12 bits per heavy atom. The molecule has 0 aliphatic rings. The topological polar surface area (TPSA) is 85.2 Å². The van der Waals surface area contributed by atoms with Crippen molar-refractivity contribution < 1.29 is 9.90 Å². The van der Waals surface area contributed by atoms with E-state index >= 15 is 0 Å². The fourth-order valence-electron chi connectivity index (χ4n) is 2.22. The average Bonchev–Trinajstić information content (AvgIpc) is 2.60. The highest BCUT2D eigenvalue weighted by molar-refractivity contribution is 6.04. The maximum absolute atomic E-state index is 12.2. The Bertz CT molecular complexity index is 716. The van der Waals surface area contributed by atoms with E-state index < -0.39 is 6.10 Å². The largest absolute Gasteiger partial charge is 0.392 e. The molecule has 3 N–H and O–H groups in total. The second-order valence-corrected chi connectivity index (χ2v) is 5.74. The Kier molecular flexibility index (Phi) is 6.07. The molecule has 0 saturated heterocycles. The van der Waals surface area contributed by atoms with E-state index in [-0.39, 0.29) is 11.9 Å². The summed E-state index contributed by atoms with van der Waals surface area (Å²) in [5, 5.41) is 24.1. The normalized spacial score (nSPS) is 12.9. The quantitative estimate of drug-likeness (QED) is 0.763. The van der Waals surface area contributed by atoms with E-state index in [0.717, 1.165) is 5.56 Å². The van der Waals surface area contributed by atoms with E-state index in [1.165, 1.54) is 0 Å². The molecular weight excluding hydrogens is 302 g/mol. The first kappa shape index (κ1) is 17.7. The van der Waals surface area contributed by atoms with Crippen LogP contribution in [0.4, 0.5) is 5.69 Å². The summed E-state index contributed by atoms with van der Waals surface area (Å²) in [4.78, 5) is 12.2. The molecule has 0 aliphatic carbocycles. The number of nitrogens with zero attached hydrogens (tertiary/aromatic N) is 1. The van der Waals surface area contributed by atoms with Crippen molar-refractivity contribution in [3.8, 4) is 6.07 Å². The van der Waals surface area contributed by atoms with Gasteiger partial charge in [-0.25, -0.2) is 0 Å². The van der Waals surface area contributed by atoms with Crippen LogP contribution in [0.15, 0.2) is 48.5 Å². The Hall–Kier alpha value is -2.68. The minimum atomic E-state index is -0.390. The molecule has 0 aliphatic heterocycles. The Balaban J connectivity index is 1.97. The molecule has 0 aromatic heterocycles. The lowest BCUT2D eigenvalue weighted by molar-refractivity contribution is 0.102. The van der Waals surface area contributed by atoms with Gasteiger partial charge in [-0.1, -0.05) is 12.1 Å². The van der Waals surface area contributed by atoms with Crippen molar-refractivity contribution in [2.45, 2.75) is 26.0 Å². The second kappa shape index (κ2) is 8.25. The molecular formula is C19H21N3O2. The molecule has 2 aromatic rings. The summed E-state index contributed by atoms with van der Waals surface area (Å²) in [6.45, 7) is 4.28. The molecule has 0 fully saturated rings. The number of benzene rings is 2. The van der Waals surface area contributed by atoms with Gasteiger partial charge in [0.15, 0.2) is 0 Å². The van der Waals surface area contributed by atoms with E-state index in [0.29, 0.717) is 23.4 Å². The Labute approximate surface area is 141 Å². The Morgan fingerprint density at radius 3 is 2.29 bits per heavy atom. The minimum absolute atomic E-state index is 0.114.